The van der Waals surface area contributed by atoms with Gasteiger partial charge in [-0.15, -0.1) is 0 Å². The van der Waals surface area contributed by atoms with Crippen molar-refractivity contribution in [3.05, 3.63) is 0 Å². The molecule has 106 valence electrons. The molecular formula is C15H27ClO2. The highest BCUT2D eigenvalue weighted by Crippen LogP contribution is 2.45. The van der Waals surface area contributed by atoms with Crippen LogP contribution in [0.1, 0.15) is 72.6 Å². The molecule has 0 bridgehead atoms. The standard InChI is InChI=1S/C15H27ClO2/c1-5-6-9-15(18-13(16)17)10-7-12(8-11-15)14(2,3)4/h12H,5-11H2,1-4H3. The minimum atomic E-state index is -0.639. The normalized spacial score (nSPS) is 29.1. The summed E-state index contributed by atoms with van der Waals surface area (Å²) in [6.45, 7) is 9.05. The van der Waals surface area contributed by atoms with Crippen LogP contribution in [0.5, 0.6) is 0 Å². The first-order chi connectivity index (χ1) is 8.29. The molecule has 1 rings (SSSR count). The average Bonchev–Trinajstić information content (AvgIpc) is 2.25. The molecule has 3 heteroatoms. The van der Waals surface area contributed by atoms with Crippen molar-refractivity contribution < 1.29 is 9.53 Å². The van der Waals surface area contributed by atoms with Crippen molar-refractivity contribution in [3.63, 3.8) is 0 Å². The first-order valence-electron chi connectivity index (χ1n) is 7.17. The van der Waals surface area contributed by atoms with E-state index in [1.165, 1.54) is 0 Å². The van der Waals surface area contributed by atoms with E-state index in [1.54, 1.807) is 0 Å². The first kappa shape index (κ1) is 15.8. The van der Waals surface area contributed by atoms with Crippen LogP contribution in [0.2, 0.25) is 0 Å². The summed E-state index contributed by atoms with van der Waals surface area (Å²) in [6.07, 6.45) is 7.39. The van der Waals surface area contributed by atoms with Gasteiger partial charge in [0, 0.05) is 11.6 Å². The van der Waals surface area contributed by atoms with Crippen molar-refractivity contribution in [3.8, 4) is 0 Å². The van der Waals surface area contributed by atoms with E-state index >= 15 is 0 Å². The Morgan fingerprint density at radius 3 is 2.28 bits per heavy atom. The molecule has 1 saturated carbocycles. The van der Waals surface area contributed by atoms with Gasteiger partial charge in [0.05, 0.1) is 0 Å². The molecule has 0 heterocycles. The lowest BCUT2D eigenvalue weighted by Gasteiger charge is -2.43. The van der Waals surface area contributed by atoms with Crippen molar-refractivity contribution in [2.24, 2.45) is 11.3 Å². The van der Waals surface area contributed by atoms with Gasteiger partial charge in [0.2, 0.25) is 0 Å². The lowest BCUT2D eigenvalue weighted by molar-refractivity contribution is -0.0354. The predicted molar refractivity (Wildman–Crippen MR) is 76.0 cm³/mol. The molecule has 0 spiro atoms. The summed E-state index contributed by atoms with van der Waals surface area (Å²) in [7, 11) is 0. The Bertz CT molecular complexity index is 273. The molecule has 0 atom stereocenters. The van der Waals surface area contributed by atoms with E-state index in [-0.39, 0.29) is 5.60 Å². The molecule has 1 aliphatic rings. The van der Waals surface area contributed by atoms with Gasteiger partial charge in [0.1, 0.15) is 5.60 Å². The van der Waals surface area contributed by atoms with Gasteiger partial charge < -0.3 is 4.74 Å². The number of halogens is 1. The van der Waals surface area contributed by atoms with Crippen LogP contribution in [0.3, 0.4) is 0 Å². The Hall–Kier alpha value is -0.240. The van der Waals surface area contributed by atoms with Crippen molar-refractivity contribution in [2.45, 2.75) is 78.2 Å². The maximum absolute atomic E-state index is 11.1. The molecular weight excluding hydrogens is 248 g/mol. The van der Waals surface area contributed by atoms with Gasteiger partial charge in [-0.05, 0) is 49.9 Å². The van der Waals surface area contributed by atoms with Gasteiger partial charge in [0.15, 0.2) is 0 Å². The second-order valence-corrected chi connectivity index (χ2v) is 7.08. The fourth-order valence-electron chi connectivity index (χ4n) is 3.08. The van der Waals surface area contributed by atoms with Crippen LogP contribution < -0.4 is 0 Å². The zero-order valence-electron chi connectivity index (χ0n) is 12.2. The molecule has 0 aromatic heterocycles. The van der Waals surface area contributed by atoms with Crippen molar-refractivity contribution in [1.82, 2.24) is 0 Å². The molecule has 0 aliphatic heterocycles. The van der Waals surface area contributed by atoms with Gasteiger partial charge in [-0.1, -0.05) is 34.1 Å². The first-order valence-corrected chi connectivity index (χ1v) is 7.55. The lowest BCUT2D eigenvalue weighted by atomic mass is 9.67. The van der Waals surface area contributed by atoms with Crippen LogP contribution in [0, 0.1) is 11.3 Å². The summed E-state index contributed by atoms with van der Waals surface area (Å²) in [5.74, 6) is 0.723. The van der Waals surface area contributed by atoms with E-state index < -0.39 is 5.43 Å². The highest BCUT2D eigenvalue weighted by molar-refractivity contribution is 6.61. The molecule has 1 fully saturated rings. The van der Waals surface area contributed by atoms with Gasteiger partial charge in [-0.2, -0.15) is 0 Å². The second kappa shape index (κ2) is 6.27. The fraction of sp³-hybridized carbons (Fsp3) is 0.933. The summed E-state index contributed by atoms with van der Waals surface area (Å²) in [5, 5.41) is 0. The highest BCUT2D eigenvalue weighted by atomic mass is 35.5. The van der Waals surface area contributed by atoms with Crippen LogP contribution in [0.4, 0.5) is 4.79 Å². The molecule has 0 aromatic carbocycles. The molecule has 0 amide bonds. The number of hydrogen-bond acceptors (Lipinski definition) is 2. The van der Waals surface area contributed by atoms with Crippen LogP contribution >= 0.6 is 11.6 Å². The summed E-state index contributed by atoms with van der Waals surface area (Å²) >= 11 is 5.44. The molecule has 0 unspecified atom stereocenters. The Kier molecular flexibility index (Phi) is 5.51. The molecule has 0 aromatic rings. The molecule has 0 radical (unpaired) electrons. The van der Waals surface area contributed by atoms with Gasteiger partial charge in [-0.3, -0.25) is 0 Å². The maximum atomic E-state index is 11.1. The number of rotatable bonds is 4. The van der Waals surface area contributed by atoms with E-state index in [1.807, 2.05) is 0 Å². The number of ether oxygens (including phenoxy) is 1. The van der Waals surface area contributed by atoms with Crippen LogP contribution in [0.15, 0.2) is 0 Å². The van der Waals surface area contributed by atoms with Crippen molar-refractivity contribution in [2.75, 3.05) is 0 Å². The Balaban J connectivity index is 2.63. The van der Waals surface area contributed by atoms with Crippen LogP contribution in [0.25, 0.3) is 0 Å². The quantitative estimate of drug-likeness (QED) is 0.630. The van der Waals surface area contributed by atoms with E-state index in [0.717, 1.165) is 50.9 Å². The topological polar surface area (TPSA) is 26.3 Å². The minimum Gasteiger partial charge on any atom is -0.447 e. The summed E-state index contributed by atoms with van der Waals surface area (Å²) in [5.41, 5.74) is -0.571. The minimum absolute atomic E-state index is 0.281. The monoisotopic (exact) mass is 274 g/mol. The number of hydrogen-bond donors (Lipinski definition) is 0. The zero-order chi connectivity index (χ0) is 13.8. The zero-order valence-corrected chi connectivity index (χ0v) is 13.0. The SMILES string of the molecule is CCCCC1(OC(=O)Cl)CCC(C(C)(C)C)CC1. The van der Waals surface area contributed by atoms with E-state index in [0.29, 0.717) is 5.41 Å². The average molecular weight is 275 g/mol. The molecule has 2 nitrogen and oxygen atoms in total. The van der Waals surface area contributed by atoms with E-state index in [9.17, 15) is 4.79 Å². The molecule has 0 N–H and O–H groups in total. The number of carbonyl (C=O) groups excluding carboxylic acids is 1. The third-order valence-corrected chi connectivity index (χ3v) is 4.48. The Morgan fingerprint density at radius 1 is 1.33 bits per heavy atom. The van der Waals surface area contributed by atoms with E-state index in [4.69, 9.17) is 16.3 Å². The summed E-state index contributed by atoms with van der Waals surface area (Å²) in [6, 6.07) is 0. The lowest BCUT2D eigenvalue weighted by Crippen LogP contribution is -2.40. The molecule has 1 aliphatic carbocycles. The van der Waals surface area contributed by atoms with Crippen LogP contribution in [-0.2, 0) is 4.74 Å². The third-order valence-electron chi connectivity index (χ3n) is 4.40. The van der Waals surface area contributed by atoms with Gasteiger partial charge >= 0.3 is 5.43 Å². The smallest absolute Gasteiger partial charge is 0.404 e. The summed E-state index contributed by atoms with van der Waals surface area (Å²) in [4.78, 5) is 11.1. The number of carbonyl (C=O) groups is 1. The summed E-state index contributed by atoms with van der Waals surface area (Å²) < 4.78 is 5.47. The van der Waals surface area contributed by atoms with Crippen molar-refractivity contribution >= 4 is 17.0 Å². The van der Waals surface area contributed by atoms with E-state index in [2.05, 4.69) is 27.7 Å². The van der Waals surface area contributed by atoms with Crippen molar-refractivity contribution in [1.29, 1.82) is 0 Å². The van der Waals surface area contributed by atoms with Gasteiger partial charge in [-0.25, -0.2) is 4.79 Å². The molecule has 18 heavy (non-hydrogen) atoms. The fourth-order valence-corrected chi connectivity index (χ4v) is 3.25. The second-order valence-electron chi connectivity index (χ2n) is 6.77. The number of unbranched alkanes of at least 4 members (excludes halogenated alkanes) is 1. The van der Waals surface area contributed by atoms with Crippen LogP contribution in [-0.4, -0.2) is 11.0 Å². The molecule has 0 saturated heterocycles. The Labute approximate surface area is 116 Å². The predicted octanol–water partition coefficient (Wildman–Crippen LogP) is 5.53. The highest BCUT2D eigenvalue weighted by Gasteiger charge is 2.40. The van der Waals surface area contributed by atoms with Gasteiger partial charge in [0.25, 0.3) is 0 Å². The Morgan fingerprint density at radius 2 is 1.89 bits per heavy atom. The largest absolute Gasteiger partial charge is 0.447 e. The third kappa shape index (κ3) is 4.46. The maximum Gasteiger partial charge on any atom is 0.404 e.